The third-order valence-electron chi connectivity index (χ3n) is 8.71. The summed E-state index contributed by atoms with van der Waals surface area (Å²) >= 11 is 0. The summed E-state index contributed by atoms with van der Waals surface area (Å²) in [7, 11) is 0. The fraction of sp³-hybridized carbons (Fsp3) is 0.143. The SMILES string of the molecule is Nc1cccc(Oc2c(C(F)(F)F)c(F)c(C(F)(F)F)c(Oc3cccc(N)c3)c2C(F)(F)F)c1.Nc1cccc(Oc2c(F)c(C(F)(F)F)c(C(F)(F)F)c(Oc3cccc(N)c3)c2C(F)(F)F)c1. The van der Waals surface area contributed by atoms with Crippen molar-refractivity contribution in [1.29, 1.82) is 0 Å². The van der Waals surface area contributed by atoms with Gasteiger partial charge in [-0.3, -0.25) is 0 Å². The summed E-state index contributed by atoms with van der Waals surface area (Å²) in [5.74, 6) is -18.1. The van der Waals surface area contributed by atoms with E-state index in [9.17, 15) is 87.8 Å². The van der Waals surface area contributed by atoms with Crippen molar-refractivity contribution >= 4 is 22.7 Å². The zero-order chi connectivity index (χ0) is 52.7. The van der Waals surface area contributed by atoms with Crippen molar-refractivity contribution in [3.63, 3.8) is 0 Å². The number of anilines is 4. The molecule has 8 nitrogen and oxygen atoms in total. The van der Waals surface area contributed by atoms with Crippen LogP contribution in [0.3, 0.4) is 0 Å². The van der Waals surface area contributed by atoms with E-state index < -0.39 is 128 Å². The number of nitrogen functional groups attached to an aromatic ring is 4. The molecule has 0 amide bonds. The van der Waals surface area contributed by atoms with E-state index in [-0.39, 0.29) is 22.7 Å². The number of rotatable bonds is 8. The van der Waals surface area contributed by atoms with Crippen LogP contribution in [0.5, 0.6) is 46.0 Å². The summed E-state index contributed by atoms with van der Waals surface area (Å²) in [6.07, 6.45) is -36.2. The number of alkyl halides is 18. The van der Waals surface area contributed by atoms with Crippen molar-refractivity contribution in [2.24, 2.45) is 0 Å². The lowest BCUT2D eigenvalue weighted by atomic mass is 9.98. The Morgan fingerprint density at radius 1 is 0.271 bits per heavy atom. The Balaban J connectivity index is 0.000000261. The minimum atomic E-state index is -6.14. The summed E-state index contributed by atoms with van der Waals surface area (Å²) in [6.45, 7) is 0. The highest BCUT2D eigenvalue weighted by atomic mass is 19.4. The highest BCUT2D eigenvalue weighted by molar-refractivity contribution is 5.63. The quantitative estimate of drug-likeness (QED) is 0.0873. The minimum absolute atomic E-state index is 0.143. The Morgan fingerprint density at radius 2 is 0.500 bits per heavy atom. The van der Waals surface area contributed by atoms with Gasteiger partial charge >= 0.3 is 37.1 Å². The second kappa shape index (κ2) is 19.0. The van der Waals surface area contributed by atoms with E-state index in [1.807, 2.05) is 0 Å². The fourth-order valence-electron chi connectivity index (χ4n) is 6.10. The topological polar surface area (TPSA) is 141 Å². The molecule has 0 spiro atoms. The van der Waals surface area contributed by atoms with Crippen LogP contribution < -0.4 is 41.9 Å². The molecule has 6 rings (SSSR count). The number of hydrogen-bond donors (Lipinski definition) is 4. The summed E-state index contributed by atoms with van der Waals surface area (Å²) in [5.41, 5.74) is 3.88. The number of nitrogens with two attached hydrogens (primary N) is 4. The summed E-state index contributed by atoms with van der Waals surface area (Å²) in [6, 6.07) is 15.7. The molecule has 0 heterocycles. The molecule has 0 aliphatic heterocycles. The van der Waals surface area contributed by atoms with E-state index in [0.717, 1.165) is 72.8 Å². The lowest BCUT2D eigenvalue weighted by molar-refractivity contribution is -0.167. The summed E-state index contributed by atoms with van der Waals surface area (Å²) in [4.78, 5) is 0. The average molecular weight is 1030 g/mol. The molecular formula is C42H24F20N4O4. The van der Waals surface area contributed by atoms with E-state index in [0.29, 0.717) is 0 Å². The second-order valence-corrected chi connectivity index (χ2v) is 13.9. The first-order valence-electron chi connectivity index (χ1n) is 18.4. The summed E-state index contributed by atoms with van der Waals surface area (Å²) in [5, 5.41) is 0. The van der Waals surface area contributed by atoms with E-state index in [1.165, 1.54) is 24.3 Å². The normalized spacial score (nSPS) is 12.5. The van der Waals surface area contributed by atoms with Crippen molar-refractivity contribution < 1.29 is 107 Å². The lowest BCUT2D eigenvalue weighted by Crippen LogP contribution is -2.24. The molecule has 0 atom stereocenters. The van der Waals surface area contributed by atoms with Crippen molar-refractivity contribution in [3.05, 3.63) is 142 Å². The van der Waals surface area contributed by atoms with Crippen LogP contribution in [0, 0.1) is 11.6 Å². The first kappa shape index (κ1) is 53.3. The molecule has 0 radical (unpaired) electrons. The van der Waals surface area contributed by atoms with E-state index in [4.69, 9.17) is 37.1 Å². The van der Waals surface area contributed by atoms with E-state index in [2.05, 4.69) is 4.74 Å². The molecule has 0 aliphatic carbocycles. The highest BCUT2D eigenvalue weighted by Crippen LogP contribution is 2.58. The van der Waals surface area contributed by atoms with Gasteiger partial charge in [-0.2, -0.15) is 79.0 Å². The zero-order valence-electron chi connectivity index (χ0n) is 33.7. The van der Waals surface area contributed by atoms with Gasteiger partial charge in [0, 0.05) is 47.0 Å². The molecule has 0 aromatic heterocycles. The van der Waals surface area contributed by atoms with Gasteiger partial charge in [0.1, 0.15) is 56.4 Å². The molecule has 0 saturated carbocycles. The van der Waals surface area contributed by atoms with Crippen molar-refractivity contribution in [2.45, 2.75) is 37.1 Å². The Kier molecular flexibility index (Phi) is 14.5. The molecule has 28 heteroatoms. The van der Waals surface area contributed by atoms with Crippen molar-refractivity contribution in [1.82, 2.24) is 0 Å². The standard InChI is InChI=1S/2C21H12F10N2O2/c22-16-13(19(23,24)25)17(34-11-5-1-3-9(32)7-11)15(21(29,30)31)18(14(16)20(26,27)28)35-12-6-2-4-10(33)8-12;22-16-13(19(23,24)25)14(20(26,27)28)17(34-11-5-1-3-9(32)7-11)15(21(29,30)31)18(16)35-12-6-2-4-10(33)8-12/h2*1-8H,32-33H2. The molecule has 6 aromatic carbocycles. The van der Waals surface area contributed by atoms with Crippen LogP contribution in [-0.4, -0.2) is 0 Å². The van der Waals surface area contributed by atoms with Gasteiger partial charge in [0.15, 0.2) is 34.6 Å². The van der Waals surface area contributed by atoms with Gasteiger partial charge in [0.2, 0.25) is 0 Å². The Hall–Kier alpha value is -7.68. The number of hydrogen-bond acceptors (Lipinski definition) is 8. The molecule has 0 fully saturated rings. The van der Waals surface area contributed by atoms with Gasteiger partial charge in [-0.15, -0.1) is 0 Å². The van der Waals surface area contributed by atoms with Gasteiger partial charge in [-0.25, -0.2) is 8.78 Å². The maximum Gasteiger partial charge on any atom is 0.423 e. The van der Waals surface area contributed by atoms with Gasteiger partial charge in [0.05, 0.1) is 0 Å². The van der Waals surface area contributed by atoms with E-state index >= 15 is 0 Å². The smallest absolute Gasteiger partial charge is 0.423 e. The molecule has 0 aliphatic rings. The minimum Gasteiger partial charge on any atom is -0.456 e. The molecule has 0 saturated heterocycles. The Morgan fingerprint density at radius 3 is 0.743 bits per heavy atom. The average Bonchev–Trinajstić information content (AvgIpc) is 3.16. The highest BCUT2D eigenvalue weighted by Gasteiger charge is 2.56. The molecule has 8 N–H and O–H groups in total. The van der Waals surface area contributed by atoms with Crippen LogP contribution in [-0.2, 0) is 37.1 Å². The molecule has 0 bridgehead atoms. The van der Waals surface area contributed by atoms with Crippen LogP contribution in [0.15, 0.2) is 97.1 Å². The van der Waals surface area contributed by atoms with E-state index in [1.54, 1.807) is 0 Å². The fourth-order valence-corrected chi connectivity index (χ4v) is 6.10. The Labute approximate surface area is 377 Å². The molecule has 6 aromatic rings. The molecule has 376 valence electrons. The van der Waals surface area contributed by atoms with Gasteiger partial charge in [0.25, 0.3) is 0 Å². The van der Waals surface area contributed by atoms with Crippen molar-refractivity contribution in [2.75, 3.05) is 22.9 Å². The number of ether oxygens (including phenoxy) is 4. The predicted molar refractivity (Wildman–Crippen MR) is 207 cm³/mol. The van der Waals surface area contributed by atoms with Gasteiger partial charge < -0.3 is 41.9 Å². The van der Waals surface area contributed by atoms with Gasteiger partial charge in [-0.05, 0) is 48.5 Å². The lowest BCUT2D eigenvalue weighted by Gasteiger charge is -2.26. The Bertz CT molecular complexity index is 2800. The maximum absolute atomic E-state index is 15.0. The zero-order valence-corrected chi connectivity index (χ0v) is 33.7. The summed E-state index contributed by atoms with van der Waals surface area (Å²) < 4.78 is 297. The number of halogens is 20. The largest absolute Gasteiger partial charge is 0.456 e. The van der Waals surface area contributed by atoms with Gasteiger partial charge in [-0.1, -0.05) is 24.3 Å². The third kappa shape index (κ3) is 12.1. The maximum atomic E-state index is 15.0. The molecule has 70 heavy (non-hydrogen) atoms. The molecule has 0 unspecified atom stereocenters. The van der Waals surface area contributed by atoms with Crippen LogP contribution in [0.2, 0.25) is 0 Å². The third-order valence-corrected chi connectivity index (χ3v) is 8.71. The monoisotopic (exact) mass is 1030 g/mol. The van der Waals surface area contributed by atoms with Crippen LogP contribution in [0.1, 0.15) is 33.4 Å². The van der Waals surface area contributed by atoms with Crippen LogP contribution >= 0.6 is 0 Å². The molecular weight excluding hydrogens is 1000 g/mol. The number of benzene rings is 6. The second-order valence-electron chi connectivity index (χ2n) is 13.9. The predicted octanol–water partition coefficient (Wildman–Crippen LogP) is 15.3. The van der Waals surface area contributed by atoms with Crippen molar-refractivity contribution in [3.8, 4) is 46.0 Å². The van der Waals surface area contributed by atoms with Crippen LogP contribution in [0.25, 0.3) is 0 Å². The van der Waals surface area contributed by atoms with Crippen LogP contribution in [0.4, 0.5) is 111 Å². The first-order chi connectivity index (χ1) is 32.0. The first-order valence-corrected chi connectivity index (χ1v) is 18.4.